The molecule has 23 heavy (non-hydrogen) atoms. The maximum Gasteiger partial charge on any atom is 0.331 e. The van der Waals surface area contributed by atoms with Crippen LogP contribution in [0.15, 0.2) is 30.1 Å². The molecular weight excluding hydrogens is 318 g/mol. The minimum absolute atomic E-state index is 0.317. The maximum absolute atomic E-state index is 11.3. The normalized spacial score (nSPS) is 11.5. The smallest absolute Gasteiger partial charge is 0.331 e. The summed E-state index contributed by atoms with van der Waals surface area (Å²) in [7, 11) is 1.56. The molecule has 0 unspecified atom stereocenters. The highest BCUT2D eigenvalue weighted by molar-refractivity contribution is 6.17. The molecule has 0 saturated carbocycles. The largest absolute Gasteiger partial charge is 0.494 e. The zero-order valence-electron chi connectivity index (χ0n) is 13.0. The summed E-state index contributed by atoms with van der Waals surface area (Å²) in [4.78, 5) is 15.4. The van der Waals surface area contributed by atoms with Gasteiger partial charge in [0.05, 0.1) is 7.11 Å². The Morgan fingerprint density at radius 3 is 2.83 bits per heavy atom. The third-order valence-electron chi connectivity index (χ3n) is 3.25. The molecule has 0 amide bonds. The lowest BCUT2D eigenvalue weighted by Crippen LogP contribution is -2.02. The molecule has 122 valence electrons. The summed E-state index contributed by atoms with van der Waals surface area (Å²) in [6.45, 7) is 1.80. The van der Waals surface area contributed by atoms with Crippen LogP contribution in [0, 0.1) is 6.92 Å². The SMILES string of the molecule is COc1cc(/C=C(\CCCCl)C(=O)O)ccc1-n1cnc(C)n1. The Bertz CT molecular complexity index is 725. The monoisotopic (exact) mass is 335 g/mol. The van der Waals surface area contributed by atoms with Crippen LogP contribution >= 0.6 is 11.6 Å². The maximum atomic E-state index is 11.3. The van der Waals surface area contributed by atoms with Gasteiger partial charge in [0.2, 0.25) is 0 Å². The lowest BCUT2D eigenvalue weighted by atomic mass is 10.1. The van der Waals surface area contributed by atoms with E-state index in [0.29, 0.717) is 35.9 Å². The van der Waals surface area contributed by atoms with Crippen molar-refractivity contribution in [3.8, 4) is 11.4 Å². The van der Waals surface area contributed by atoms with E-state index < -0.39 is 5.97 Å². The number of benzene rings is 1. The number of rotatable bonds is 7. The van der Waals surface area contributed by atoms with Crippen LogP contribution in [-0.4, -0.2) is 38.8 Å². The van der Waals surface area contributed by atoms with Crippen molar-refractivity contribution in [1.82, 2.24) is 14.8 Å². The van der Waals surface area contributed by atoms with Crippen LogP contribution in [0.1, 0.15) is 24.2 Å². The first-order chi connectivity index (χ1) is 11.0. The van der Waals surface area contributed by atoms with Gasteiger partial charge in [-0.05, 0) is 43.5 Å². The van der Waals surface area contributed by atoms with Crippen LogP contribution in [0.3, 0.4) is 0 Å². The van der Waals surface area contributed by atoms with Gasteiger partial charge in [-0.25, -0.2) is 14.5 Å². The van der Waals surface area contributed by atoms with E-state index in [2.05, 4.69) is 10.1 Å². The fourth-order valence-electron chi connectivity index (χ4n) is 2.13. The summed E-state index contributed by atoms with van der Waals surface area (Å²) >= 11 is 5.64. The van der Waals surface area contributed by atoms with Gasteiger partial charge in [-0.3, -0.25) is 0 Å². The van der Waals surface area contributed by atoms with Crippen molar-refractivity contribution >= 4 is 23.6 Å². The molecule has 0 aliphatic rings. The predicted octanol–water partition coefficient (Wildman–Crippen LogP) is 3.07. The quantitative estimate of drug-likeness (QED) is 0.621. The first-order valence-electron chi connectivity index (χ1n) is 7.11. The number of carbonyl (C=O) groups is 1. The standard InChI is InChI=1S/C16H18ClN3O3/c1-11-18-10-20(19-11)14-6-5-12(9-15(14)23-2)8-13(16(21)22)4-3-7-17/h5-6,8-10H,3-4,7H2,1-2H3,(H,21,22)/b13-8+. The molecule has 0 aliphatic carbocycles. The molecule has 7 heteroatoms. The second kappa shape index (κ2) is 7.78. The van der Waals surface area contributed by atoms with E-state index >= 15 is 0 Å². The van der Waals surface area contributed by atoms with Gasteiger partial charge in [0.1, 0.15) is 23.6 Å². The highest BCUT2D eigenvalue weighted by atomic mass is 35.5. The van der Waals surface area contributed by atoms with Crippen LogP contribution in [0.4, 0.5) is 0 Å². The van der Waals surface area contributed by atoms with Gasteiger partial charge in [-0.15, -0.1) is 11.6 Å². The van der Waals surface area contributed by atoms with Crippen molar-refractivity contribution in [3.05, 3.63) is 41.5 Å². The highest BCUT2D eigenvalue weighted by Gasteiger charge is 2.10. The topological polar surface area (TPSA) is 77.2 Å². The highest BCUT2D eigenvalue weighted by Crippen LogP contribution is 2.25. The molecule has 6 nitrogen and oxygen atoms in total. The number of alkyl halides is 1. The Labute approximate surface area is 139 Å². The Morgan fingerprint density at radius 2 is 2.26 bits per heavy atom. The molecule has 0 radical (unpaired) electrons. The second-order valence-corrected chi connectivity index (χ2v) is 5.31. The van der Waals surface area contributed by atoms with E-state index in [1.54, 1.807) is 37.2 Å². The summed E-state index contributed by atoms with van der Waals surface area (Å²) in [5.41, 5.74) is 1.80. The Hall–Kier alpha value is -2.34. The zero-order chi connectivity index (χ0) is 16.8. The van der Waals surface area contributed by atoms with Crippen LogP contribution in [0.2, 0.25) is 0 Å². The van der Waals surface area contributed by atoms with Gasteiger partial charge in [-0.1, -0.05) is 6.07 Å². The fraction of sp³-hybridized carbons (Fsp3) is 0.312. The second-order valence-electron chi connectivity index (χ2n) is 4.93. The van der Waals surface area contributed by atoms with Crippen molar-refractivity contribution < 1.29 is 14.6 Å². The van der Waals surface area contributed by atoms with E-state index in [0.717, 1.165) is 11.3 Å². The molecular formula is C16H18ClN3O3. The molecule has 1 aromatic heterocycles. The number of carboxylic acids is 1. The van der Waals surface area contributed by atoms with Crippen molar-refractivity contribution in [2.45, 2.75) is 19.8 Å². The summed E-state index contributed by atoms with van der Waals surface area (Å²) in [6.07, 6.45) is 4.28. The van der Waals surface area contributed by atoms with Crippen molar-refractivity contribution in [2.75, 3.05) is 13.0 Å². The lowest BCUT2D eigenvalue weighted by molar-refractivity contribution is -0.132. The molecule has 0 bridgehead atoms. The zero-order valence-corrected chi connectivity index (χ0v) is 13.7. The van der Waals surface area contributed by atoms with Crippen LogP contribution in [0.25, 0.3) is 11.8 Å². The number of halogens is 1. The van der Waals surface area contributed by atoms with E-state index in [4.69, 9.17) is 16.3 Å². The molecule has 1 N–H and O–H groups in total. The number of hydrogen-bond donors (Lipinski definition) is 1. The summed E-state index contributed by atoms with van der Waals surface area (Å²) in [6, 6.07) is 5.41. The number of aryl methyl sites for hydroxylation is 1. The van der Waals surface area contributed by atoms with Gasteiger partial charge in [0.15, 0.2) is 0 Å². The molecule has 1 aromatic carbocycles. The third-order valence-corrected chi connectivity index (χ3v) is 3.52. The minimum Gasteiger partial charge on any atom is -0.494 e. The van der Waals surface area contributed by atoms with Crippen molar-refractivity contribution in [2.24, 2.45) is 0 Å². The molecule has 0 spiro atoms. The number of aromatic nitrogens is 3. The molecule has 1 heterocycles. The summed E-state index contributed by atoms with van der Waals surface area (Å²) in [5.74, 6) is 0.736. The Balaban J connectivity index is 2.36. The van der Waals surface area contributed by atoms with Crippen LogP contribution < -0.4 is 4.74 Å². The van der Waals surface area contributed by atoms with E-state index in [1.165, 1.54) is 0 Å². The number of methoxy groups -OCH3 is 1. The first-order valence-corrected chi connectivity index (χ1v) is 7.65. The van der Waals surface area contributed by atoms with Crippen molar-refractivity contribution in [3.63, 3.8) is 0 Å². The number of hydrogen-bond acceptors (Lipinski definition) is 4. The third kappa shape index (κ3) is 4.32. The average molecular weight is 336 g/mol. The lowest BCUT2D eigenvalue weighted by Gasteiger charge is -2.09. The molecule has 0 fully saturated rings. The average Bonchev–Trinajstić information content (AvgIpc) is 2.97. The fourth-order valence-corrected chi connectivity index (χ4v) is 2.27. The van der Waals surface area contributed by atoms with Gasteiger partial charge in [0, 0.05) is 11.5 Å². The van der Waals surface area contributed by atoms with E-state index in [-0.39, 0.29) is 0 Å². The molecule has 2 rings (SSSR count). The van der Waals surface area contributed by atoms with E-state index in [9.17, 15) is 9.90 Å². The Morgan fingerprint density at radius 1 is 1.48 bits per heavy atom. The van der Waals surface area contributed by atoms with Crippen molar-refractivity contribution in [1.29, 1.82) is 0 Å². The number of carboxylic acid groups (broad SMARTS) is 1. The van der Waals surface area contributed by atoms with Crippen LogP contribution in [0.5, 0.6) is 5.75 Å². The van der Waals surface area contributed by atoms with Gasteiger partial charge >= 0.3 is 5.97 Å². The minimum atomic E-state index is -0.940. The summed E-state index contributed by atoms with van der Waals surface area (Å²) in [5, 5.41) is 13.5. The number of nitrogens with zero attached hydrogens (tertiary/aromatic N) is 3. The molecule has 0 aliphatic heterocycles. The van der Waals surface area contributed by atoms with Gasteiger partial charge < -0.3 is 9.84 Å². The molecule has 0 atom stereocenters. The molecule has 0 saturated heterocycles. The van der Waals surface area contributed by atoms with Crippen LogP contribution in [-0.2, 0) is 4.79 Å². The van der Waals surface area contributed by atoms with Gasteiger partial charge in [0.25, 0.3) is 0 Å². The van der Waals surface area contributed by atoms with E-state index in [1.807, 2.05) is 12.1 Å². The van der Waals surface area contributed by atoms with Gasteiger partial charge in [-0.2, -0.15) is 5.10 Å². The number of aliphatic carboxylic acids is 1. The first kappa shape index (κ1) is 17.0. The number of ether oxygens (including phenoxy) is 1. The summed E-state index contributed by atoms with van der Waals surface area (Å²) < 4.78 is 7.00. The predicted molar refractivity (Wildman–Crippen MR) is 88.2 cm³/mol. The molecule has 2 aromatic rings. The Kier molecular flexibility index (Phi) is 5.76.